The van der Waals surface area contributed by atoms with Gasteiger partial charge in [0.05, 0.1) is 17.1 Å². The molecule has 42 heavy (non-hydrogen) atoms. The first-order valence-electron chi connectivity index (χ1n) is 14.1. The SMILES string of the molecule is Cl.Cn1c(=O)n(C2CCC(=O)NC2=O)c2ccc(CCCC3CCN(C(=O)C(N)Cc4ccc(F)c(F)c4)CC3)cc21. The highest BCUT2D eigenvalue weighted by atomic mass is 35.5. The summed E-state index contributed by atoms with van der Waals surface area (Å²) in [5, 5.41) is 2.33. The summed E-state index contributed by atoms with van der Waals surface area (Å²) in [5.41, 5.74) is 8.84. The maximum Gasteiger partial charge on any atom is 0.329 e. The summed E-state index contributed by atoms with van der Waals surface area (Å²) in [7, 11) is 1.69. The molecule has 9 nitrogen and oxygen atoms in total. The molecule has 0 saturated carbocycles. The summed E-state index contributed by atoms with van der Waals surface area (Å²) in [6.45, 7) is 1.24. The van der Waals surface area contributed by atoms with Gasteiger partial charge in [-0.15, -0.1) is 12.4 Å². The fourth-order valence-corrected chi connectivity index (χ4v) is 6.07. The van der Waals surface area contributed by atoms with Crippen molar-refractivity contribution in [3.8, 4) is 0 Å². The van der Waals surface area contributed by atoms with Crippen LogP contribution in [-0.2, 0) is 34.3 Å². The monoisotopic (exact) mass is 603 g/mol. The van der Waals surface area contributed by atoms with Gasteiger partial charge in [-0.2, -0.15) is 0 Å². The van der Waals surface area contributed by atoms with Crippen molar-refractivity contribution in [2.45, 2.75) is 63.5 Å². The topological polar surface area (TPSA) is 119 Å². The van der Waals surface area contributed by atoms with E-state index in [0.29, 0.717) is 36.5 Å². The average molecular weight is 604 g/mol. The minimum Gasteiger partial charge on any atom is -0.341 e. The lowest BCUT2D eigenvalue weighted by molar-refractivity contribution is -0.136. The average Bonchev–Trinajstić information content (AvgIpc) is 3.20. The Hall–Kier alpha value is -3.57. The molecular formula is C30H36ClF2N5O4. The van der Waals surface area contributed by atoms with E-state index in [2.05, 4.69) is 5.32 Å². The molecule has 0 bridgehead atoms. The van der Waals surface area contributed by atoms with Crippen LogP contribution in [0, 0.1) is 17.6 Å². The number of piperidine rings is 2. The number of aryl methyl sites for hydroxylation is 2. The number of amides is 3. The standard InChI is InChI=1S/C30H35F2N5O4.ClH/c1-35-26-17-19(6-8-24(26)37(30(35)41)25-9-10-27(38)34-28(25)39)4-2-3-18-11-13-36(14-12-18)29(40)23(33)16-20-5-7-21(31)22(32)15-20;/h5-8,15,17-18,23,25H,2-4,9-14,16,33H2,1H3,(H,34,38,39);1H. The molecule has 2 atom stereocenters. The molecule has 226 valence electrons. The van der Waals surface area contributed by atoms with E-state index in [1.165, 1.54) is 10.6 Å². The van der Waals surface area contributed by atoms with Crippen molar-refractivity contribution in [1.82, 2.24) is 19.4 Å². The largest absolute Gasteiger partial charge is 0.341 e. The number of fused-ring (bicyclic) bond motifs is 1. The molecule has 3 aromatic rings. The van der Waals surface area contributed by atoms with Crippen LogP contribution < -0.4 is 16.7 Å². The number of likely N-dealkylation sites (tertiary alicyclic amines) is 1. The molecule has 3 amide bonds. The third-order valence-corrected chi connectivity index (χ3v) is 8.44. The van der Waals surface area contributed by atoms with Crippen LogP contribution in [0.15, 0.2) is 41.2 Å². The zero-order valence-corrected chi connectivity index (χ0v) is 24.3. The van der Waals surface area contributed by atoms with Gasteiger partial charge in [0.25, 0.3) is 0 Å². The van der Waals surface area contributed by atoms with Gasteiger partial charge in [-0.25, -0.2) is 13.6 Å². The summed E-state index contributed by atoms with van der Waals surface area (Å²) in [6, 6.07) is 7.94. The number of rotatable bonds is 8. The number of imidazole rings is 1. The third kappa shape index (κ3) is 6.57. The van der Waals surface area contributed by atoms with Crippen molar-refractivity contribution in [3.63, 3.8) is 0 Å². The van der Waals surface area contributed by atoms with Crippen molar-refractivity contribution in [2.75, 3.05) is 13.1 Å². The number of hydrogen-bond donors (Lipinski definition) is 2. The summed E-state index contributed by atoms with van der Waals surface area (Å²) < 4.78 is 29.7. The highest BCUT2D eigenvalue weighted by Gasteiger charge is 2.31. The molecule has 0 radical (unpaired) electrons. The van der Waals surface area contributed by atoms with Gasteiger partial charge in [-0.3, -0.25) is 28.8 Å². The van der Waals surface area contributed by atoms with Gasteiger partial charge in [0.15, 0.2) is 11.6 Å². The van der Waals surface area contributed by atoms with Crippen molar-refractivity contribution in [3.05, 3.63) is 69.6 Å². The number of hydrogen-bond acceptors (Lipinski definition) is 5. The first kappa shape index (κ1) is 31.4. The molecule has 12 heteroatoms. The number of nitrogens with two attached hydrogens (primary N) is 1. The Morgan fingerprint density at radius 3 is 2.40 bits per heavy atom. The van der Waals surface area contributed by atoms with Gasteiger partial charge in [0.1, 0.15) is 6.04 Å². The van der Waals surface area contributed by atoms with Crippen LogP contribution in [0.1, 0.15) is 55.7 Å². The number of halogens is 3. The highest BCUT2D eigenvalue weighted by Crippen LogP contribution is 2.26. The zero-order chi connectivity index (χ0) is 29.3. The molecule has 2 aliphatic rings. The number of aromatic nitrogens is 2. The molecule has 2 saturated heterocycles. The fraction of sp³-hybridized carbons (Fsp3) is 0.467. The van der Waals surface area contributed by atoms with Crippen LogP contribution in [-0.4, -0.2) is 50.9 Å². The van der Waals surface area contributed by atoms with Gasteiger partial charge >= 0.3 is 5.69 Å². The summed E-state index contributed by atoms with van der Waals surface area (Å²) >= 11 is 0. The van der Waals surface area contributed by atoms with E-state index in [4.69, 9.17) is 5.73 Å². The van der Waals surface area contributed by atoms with E-state index in [1.54, 1.807) is 16.5 Å². The highest BCUT2D eigenvalue weighted by molar-refractivity contribution is 6.00. The molecule has 2 fully saturated rings. The second-order valence-electron chi connectivity index (χ2n) is 11.2. The first-order valence-corrected chi connectivity index (χ1v) is 14.1. The van der Waals surface area contributed by atoms with E-state index in [9.17, 15) is 28.0 Å². The first-order chi connectivity index (χ1) is 19.6. The molecular weight excluding hydrogens is 568 g/mol. The lowest BCUT2D eigenvalue weighted by Crippen LogP contribution is -2.48. The second-order valence-corrected chi connectivity index (χ2v) is 11.2. The molecule has 3 N–H and O–H groups in total. The summed E-state index contributed by atoms with van der Waals surface area (Å²) in [6.07, 6.45) is 5.23. The Bertz CT molecular complexity index is 1550. The normalized spacial score (nSPS) is 18.6. The minimum absolute atomic E-state index is 0. The lowest BCUT2D eigenvalue weighted by atomic mass is 9.90. The number of nitrogens with zero attached hydrogens (tertiary/aromatic N) is 3. The fourth-order valence-electron chi connectivity index (χ4n) is 6.07. The second kappa shape index (κ2) is 13.2. The Balaban J connectivity index is 0.00000405. The van der Waals surface area contributed by atoms with Crippen LogP contribution in [0.25, 0.3) is 11.0 Å². The Kier molecular flexibility index (Phi) is 9.83. The van der Waals surface area contributed by atoms with Gasteiger partial charge in [0, 0.05) is 26.6 Å². The Morgan fingerprint density at radius 1 is 1.00 bits per heavy atom. The lowest BCUT2D eigenvalue weighted by Gasteiger charge is -2.33. The van der Waals surface area contributed by atoms with E-state index in [1.807, 2.05) is 18.2 Å². The number of nitrogens with one attached hydrogen (secondary N) is 1. The van der Waals surface area contributed by atoms with E-state index in [-0.39, 0.29) is 42.8 Å². The Labute approximate surface area is 248 Å². The van der Waals surface area contributed by atoms with Gasteiger partial charge < -0.3 is 10.6 Å². The molecule has 0 spiro atoms. The molecule has 0 aliphatic carbocycles. The quantitative estimate of drug-likeness (QED) is 0.384. The van der Waals surface area contributed by atoms with E-state index < -0.39 is 29.6 Å². The molecule has 2 aromatic carbocycles. The molecule has 2 aliphatic heterocycles. The molecule has 1 aromatic heterocycles. The van der Waals surface area contributed by atoms with Crippen molar-refractivity contribution in [1.29, 1.82) is 0 Å². The smallest absolute Gasteiger partial charge is 0.329 e. The number of benzene rings is 2. The van der Waals surface area contributed by atoms with Crippen molar-refractivity contribution in [2.24, 2.45) is 18.7 Å². The maximum absolute atomic E-state index is 13.5. The van der Waals surface area contributed by atoms with Crippen LogP contribution >= 0.6 is 12.4 Å². The maximum atomic E-state index is 13.5. The summed E-state index contributed by atoms with van der Waals surface area (Å²) in [5.74, 6) is -2.32. The van der Waals surface area contributed by atoms with Crippen LogP contribution in [0.3, 0.4) is 0 Å². The van der Waals surface area contributed by atoms with Crippen molar-refractivity contribution >= 4 is 41.2 Å². The molecule has 3 heterocycles. The summed E-state index contributed by atoms with van der Waals surface area (Å²) in [4.78, 5) is 51.5. The number of imide groups is 1. The molecule has 5 rings (SSSR count). The zero-order valence-electron chi connectivity index (χ0n) is 23.5. The third-order valence-electron chi connectivity index (χ3n) is 8.44. The van der Waals surface area contributed by atoms with Crippen LogP contribution in [0.5, 0.6) is 0 Å². The predicted octanol–water partition coefficient (Wildman–Crippen LogP) is 3.15. The van der Waals surface area contributed by atoms with Gasteiger partial charge in [-0.1, -0.05) is 12.1 Å². The Morgan fingerprint density at radius 2 is 1.71 bits per heavy atom. The minimum atomic E-state index is -0.947. The number of carbonyl (C=O) groups excluding carboxylic acids is 3. The van der Waals surface area contributed by atoms with Gasteiger partial charge in [0.2, 0.25) is 17.7 Å². The van der Waals surface area contributed by atoms with Crippen molar-refractivity contribution < 1.29 is 23.2 Å². The van der Waals surface area contributed by atoms with Crippen LogP contribution in [0.4, 0.5) is 8.78 Å². The number of carbonyl (C=O) groups is 3. The van der Waals surface area contributed by atoms with Gasteiger partial charge in [-0.05, 0) is 86.3 Å². The molecule has 2 unspecified atom stereocenters. The van der Waals surface area contributed by atoms with E-state index in [0.717, 1.165) is 55.3 Å². The van der Waals surface area contributed by atoms with E-state index >= 15 is 0 Å². The predicted molar refractivity (Wildman–Crippen MR) is 156 cm³/mol. The van der Waals surface area contributed by atoms with Crippen LogP contribution in [0.2, 0.25) is 0 Å².